The summed E-state index contributed by atoms with van der Waals surface area (Å²) in [4.78, 5) is -0.00255. The summed E-state index contributed by atoms with van der Waals surface area (Å²) in [6.45, 7) is 4.53. The van der Waals surface area contributed by atoms with Crippen LogP contribution < -0.4 is 0 Å². The fourth-order valence-corrected chi connectivity index (χ4v) is 3.23. The number of unbranched alkanes of at least 4 members (excludes halogenated alkanes) is 2. The van der Waals surface area contributed by atoms with Gasteiger partial charge < -0.3 is 4.74 Å². The number of hydrogen-bond donors (Lipinski definition) is 1. The van der Waals surface area contributed by atoms with E-state index in [0.717, 1.165) is 36.8 Å². The monoisotopic (exact) mass is 284 g/mol. The summed E-state index contributed by atoms with van der Waals surface area (Å²) in [5, 5.41) is 0. The van der Waals surface area contributed by atoms with E-state index in [4.69, 9.17) is 4.74 Å². The zero-order valence-corrected chi connectivity index (χ0v) is 12.2. The summed E-state index contributed by atoms with van der Waals surface area (Å²) in [6.07, 6.45) is 4.32. The van der Waals surface area contributed by atoms with Crippen LogP contribution in [0.4, 0.5) is 0 Å². The highest BCUT2D eigenvalue weighted by Crippen LogP contribution is 2.37. The van der Waals surface area contributed by atoms with Crippen molar-refractivity contribution in [1.82, 2.24) is 0 Å². The molecule has 1 saturated heterocycles. The Labute approximate surface area is 114 Å². The predicted molar refractivity (Wildman–Crippen MR) is 72.9 cm³/mol. The lowest BCUT2D eigenvalue weighted by Crippen LogP contribution is -2.06. The van der Waals surface area contributed by atoms with Crippen LogP contribution in [0.3, 0.4) is 0 Å². The van der Waals surface area contributed by atoms with Gasteiger partial charge in [-0.3, -0.25) is 4.55 Å². The minimum absolute atomic E-state index is 0.00155. The smallest absolute Gasteiger partial charge is 0.294 e. The molecule has 1 unspecified atom stereocenters. The lowest BCUT2D eigenvalue weighted by Gasteiger charge is -2.13. The van der Waals surface area contributed by atoms with Crippen LogP contribution in [0.1, 0.15) is 49.0 Å². The Morgan fingerprint density at radius 2 is 2.05 bits per heavy atom. The van der Waals surface area contributed by atoms with Crippen LogP contribution >= 0.6 is 0 Å². The molecule has 106 valence electrons. The number of benzene rings is 1. The zero-order valence-electron chi connectivity index (χ0n) is 11.3. The van der Waals surface area contributed by atoms with E-state index in [1.54, 1.807) is 6.92 Å². The van der Waals surface area contributed by atoms with E-state index in [1.807, 2.05) is 6.07 Å². The van der Waals surface area contributed by atoms with E-state index in [2.05, 4.69) is 6.92 Å². The highest BCUT2D eigenvalue weighted by molar-refractivity contribution is 7.85. The highest BCUT2D eigenvalue weighted by atomic mass is 32.2. The third-order valence-electron chi connectivity index (χ3n) is 3.54. The van der Waals surface area contributed by atoms with Crippen LogP contribution in [0.15, 0.2) is 17.0 Å². The van der Waals surface area contributed by atoms with Crippen molar-refractivity contribution in [2.75, 3.05) is 6.61 Å². The van der Waals surface area contributed by atoms with E-state index >= 15 is 0 Å². The van der Waals surface area contributed by atoms with Crippen LogP contribution in [0, 0.1) is 6.92 Å². The second kappa shape index (κ2) is 5.61. The third-order valence-corrected chi connectivity index (χ3v) is 4.54. The topological polar surface area (TPSA) is 66.9 Å². The largest absolute Gasteiger partial charge is 0.368 e. The molecule has 5 heteroatoms. The summed E-state index contributed by atoms with van der Waals surface area (Å²) in [6, 6.07) is 3.31. The molecule has 0 saturated carbocycles. The van der Waals surface area contributed by atoms with Gasteiger partial charge >= 0.3 is 0 Å². The quantitative estimate of drug-likeness (QED) is 0.495. The van der Waals surface area contributed by atoms with Crippen molar-refractivity contribution >= 4 is 10.1 Å². The van der Waals surface area contributed by atoms with Gasteiger partial charge in [-0.05, 0) is 42.5 Å². The SMILES string of the molecule is CCCCCc1ccc(S(=O)(=O)O)c(C)c1C1CO1. The summed E-state index contributed by atoms with van der Waals surface area (Å²) in [5.41, 5.74) is 2.71. The molecule has 19 heavy (non-hydrogen) atoms. The first-order valence-corrected chi connectivity index (χ1v) is 8.10. The van der Waals surface area contributed by atoms with Gasteiger partial charge in [-0.1, -0.05) is 25.8 Å². The number of aryl methyl sites for hydroxylation is 1. The Morgan fingerprint density at radius 3 is 2.58 bits per heavy atom. The second-order valence-corrected chi connectivity index (χ2v) is 6.41. The van der Waals surface area contributed by atoms with Crippen molar-refractivity contribution < 1.29 is 17.7 Å². The fourth-order valence-electron chi connectivity index (χ4n) is 2.49. The van der Waals surface area contributed by atoms with Crippen LogP contribution in [0.25, 0.3) is 0 Å². The lowest BCUT2D eigenvalue weighted by atomic mass is 9.95. The molecule has 0 aliphatic carbocycles. The molecule has 1 aromatic rings. The normalized spacial score (nSPS) is 18.6. The Balaban J connectivity index is 2.37. The molecular formula is C14H20O4S. The van der Waals surface area contributed by atoms with Crippen molar-refractivity contribution in [3.8, 4) is 0 Å². The molecule has 0 radical (unpaired) electrons. The number of rotatable bonds is 6. The first kappa shape index (κ1) is 14.5. The molecule has 1 heterocycles. The number of epoxide rings is 1. The molecule has 0 aromatic heterocycles. The zero-order chi connectivity index (χ0) is 14.0. The predicted octanol–water partition coefficient (Wildman–Crippen LogP) is 3.05. The molecule has 1 N–H and O–H groups in total. The fraction of sp³-hybridized carbons (Fsp3) is 0.571. The van der Waals surface area contributed by atoms with Crippen molar-refractivity contribution in [3.63, 3.8) is 0 Å². The lowest BCUT2D eigenvalue weighted by molar-refractivity contribution is 0.413. The Bertz CT molecular complexity index is 559. The van der Waals surface area contributed by atoms with Crippen LogP contribution in [-0.4, -0.2) is 19.6 Å². The summed E-state index contributed by atoms with van der Waals surface area (Å²) < 4.78 is 37.2. The van der Waals surface area contributed by atoms with Crippen LogP contribution in [-0.2, 0) is 21.3 Å². The van der Waals surface area contributed by atoms with Crippen molar-refractivity contribution in [2.24, 2.45) is 0 Å². The molecule has 0 amide bonds. The summed E-state index contributed by atoms with van der Waals surface area (Å²) >= 11 is 0. The first-order valence-electron chi connectivity index (χ1n) is 6.66. The van der Waals surface area contributed by atoms with E-state index in [0.29, 0.717) is 12.2 Å². The van der Waals surface area contributed by atoms with Crippen molar-refractivity contribution in [3.05, 3.63) is 28.8 Å². The maximum absolute atomic E-state index is 11.3. The molecule has 1 atom stereocenters. The summed E-state index contributed by atoms with van der Waals surface area (Å²) in [5.74, 6) is 0. The van der Waals surface area contributed by atoms with E-state index in [-0.39, 0.29) is 11.0 Å². The van der Waals surface area contributed by atoms with Crippen molar-refractivity contribution in [2.45, 2.75) is 50.5 Å². The van der Waals surface area contributed by atoms with Gasteiger partial charge in [-0.2, -0.15) is 8.42 Å². The molecule has 2 rings (SSSR count). The van der Waals surface area contributed by atoms with Crippen LogP contribution in [0.5, 0.6) is 0 Å². The van der Waals surface area contributed by atoms with Gasteiger partial charge in [0.25, 0.3) is 10.1 Å². The van der Waals surface area contributed by atoms with Crippen LogP contribution in [0.2, 0.25) is 0 Å². The maximum Gasteiger partial charge on any atom is 0.294 e. The molecular weight excluding hydrogens is 264 g/mol. The van der Waals surface area contributed by atoms with Gasteiger partial charge in [0.05, 0.1) is 11.5 Å². The van der Waals surface area contributed by atoms with Gasteiger partial charge in [-0.15, -0.1) is 0 Å². The number of hydrogen-bond acceptors (Lipinski definition) is 3. The van der Waals surface area contributed by atoms with E-state index in [9.17, 15) is 13.0 Å². The van der Waals surface area contributed by atoms with Gasteiger partial charge in [-0.25, -0.2) is 0 Å². The van der Waals surface area contributed by atoms with Gasteiger partial charge in [0.2, 0.25) is 0 Å². The molecule has 0 spiro atoms. The molecule has 1 fully saturated rings. The van der Waals surface area contributed by atoms with E-state index in [1.165, 1.54) is 6.07 Å². The maximum atomic E-state index is 11.3. The standard InChI is InChI=1S/C14H20O4S/c1-3-4-5-6-11-7-8-13(19(15,16)17)10(2)14(11)12-9-18-12/h7-8,12H,3-6,9H2,1-2H3,(H,15,16,17). The average molecular weight is 284 g/mol. The third kappa shape index (κ3) is 3.35. The van der Waals surface area contributed by atoms with Gasteiger partial charge in [0.1, 0.15) is 6.10 Å². The first-order chi connectivity index (χ1) is 8.95. The minimum Gasteiger partial charge on any atom is -0.368 e. The van der Waals surface area contributed by atoms with Crippen molar-refractivity contribution in [1.29, 1.82) is 0 Å². The molecule has 1 aliphatic heterocycles. The minimum atomic E-state index is -4.16. The molecule has 0 bridgehead atoms. The van der Waals surface area contributed by atoms with Gasteiger partial charge in [0, 0.05) is 0 Å². The highest BCUT2D eigenvalue weighted by Gasteiger charge is 2.31. The Morgan fingerprint density at radius 1 is 1.37 bits per heavy atom. The molecule has 1 aliphatic rings. The Kier molecular flexibility index (Phi) is 4.28. The van der Waals surface area contributed by atoms with E-state index < -0.39 is 10.1 Å². The summed E-state index contributed by atoms with van der Waals surface area (Å²) in [7, 11) is -4.16. The van der Waals surface area contributed by atoms with Gasteiger partial charge in [0.15, 0.2) is 0 Å². The molecule has 1 aromatic carbocycles. The number of ether oxygens (including phenoxy) is 1. The second-order valence-electron chi connectivity index (χ2n) is 5.02. The Hall–Kier alpha value is -0.910. The average Bonchev–Trinajstić information content (AvgIpc) is 3.12. The molecule has 4 nitrogen and oxygen atoms in total.